The number of phenolic OH excluding ortho intramolecular Hbond substituents is 1. The van der Waals surface area contributed by atoms with Gasteiger partial charge in [0.2, 0.25) is 0 Å². The van der Waals surface area contributed by atoms with Gasteiger partial charge < -0.3 is 20.2 Å². The molecule has 3 rings (SSSR count). The minimum atomic E-state index is -0.260. The summed E-state index contributed by atoms with van der Waals surface area (Å²) in [5.41, 5.74) is 1.47. The number of hydrogen-bond donors (Lipinski definition) is 2. The van der Waals surface area contributed by atoms with Crippen molar-refractivity contribution in [2.75, 3.05) is 31.5 Å². The third-order valence-corrected chi connectivity index (χ3v) is 4.19. The monoisotopic (exact) mass is 350 g/mol. The second kappa shape index (κ2) is 7.57. The maximum absolute atomic E-state index is 12.5. The Morgan fingerprint density at radius 3 is 2.38 bits per heavy atom. The van der Waals surface area contributed by atoms with Crippen molar-refractivity contribution >= 4 is 17.6 Å². The first-order valence-electron chi connectivity index (χ1n) is 8.21. The predicted octanol–water partition coefficient (Wildman–Crippen LogP) is 2.25. The summed E-state index contributed by atoms with van der Waals surface area (Å²) >= 11 is 0. The molecule has 7 heteroatoms. The predicted molar refractivity (Wildman–Crippen MR) is 95.8 cm³/mol. The van der Waals surface area contributed by atoms with Crippen molar-refractivity contribution in [2.45, 2.75) is 0 Å². The Hall–Kier alpha value is -3.53. The third kappa shape index (κ3) is 3.92. The van der Waals surface area contributed by atoms with Crippen LogP contribution in [0, 0.1) is 11.3 Å². The van der Waals surface area contributed by atoms with Crippen LogP contribution in [0.4, 0.5) is 10.5 Å². The van der Waals surface area contributed by atoms with Crippen molar-refractivity contribution < 1.29 is 14.7 Å². The van der Waals surface area contributed by atoms with Crippen molar-refractivity contribution in [1.82, 2.24) is 9.80 Å². The van der Waals surface area contributed by atoms with Crippen molar-refractivity contribution in [2.24, 2.45) is 0 Å². The van der Waals surface area contributed by atoms with E-state index in [1.54, 1.807) is 46.2 Å². The van der Waals surface area contributed by atoms with E-state index in [1.165, 1.54) is 12.1 Å². The zero-order valence-corrected chi connectivity index (χ0v) is 14.1. The molecule has 0 aromatic heterocycles. The van der Waals surface area contributed by atoms with Crippen LogP contribution >= 0.6 is 0 Å². The highest BCUT2D eigenvalue weighted by molar-refractivity contribution is 5.95. The molecule has 1 aliphatic rings. The molecule has 2 aromatic rings. The number of piperazine rings is 1. The number of amides is 3. The minimum absolute atomic E-state index is 0.0495. The van der Waals surface area contributed by atoms with E-state index >= 15 is 0 Å². The van der Waals surface area contributed by atoms with Gasteiger partial charge in [-0.3, -0.25) is 4.79 Å². The topological polar surface area (TPSA) is 96.7 Å². The van der Waals surface area contributed by atoms with Crippen LogP contribution < -0.4 is 5.32 Å². The van der Waals surface area contributed by atoms with E-state index in [-0.39, 0.29) is 17.7 Å². The smallest absolute Gasteiger partial charge is 0.321 e. The van der Waals surface area contributed by atoms with Gasteiger partial charge in [0.25, 0.3) is 5.91 Å². The summed E-state index contributed by atoms with van der Waals surface area (Å²) in [6.07, 6.45) is 0. The lowest BCUT2D eigenvalue weighted by Crippen LogP contribution is -2.51. The molecule has 0 bridgehead atoms. The first-order valence-corrected chi connectivity index (χ1v) is 8.21. The molecular weight excluding hydrogens is 332 g/mol. The van der Waals surface area contributed by atoms with Gasteiger partial charge in [-0.25, -0.2) is 4.79 Å². The second-order valence-electron chi connectivity index (χ2n) is 5.95. The number of urea groups is 1. The quantitative estimate of drug-likeness (QED) is 0.868. The number of phenols is 1. The minimum Gasteiger partial charge on any atom is -0.508 e. The number of rotatable bonds is 2. The Morgan fingerprint density at radius 2 is 1.69 bits per heavy atom. The largest absolute Gasteiger partial charge is 0.508 e. The fraction of sp³-hybridized carbons (Fsp3) is 0.211. The first kappa shape index (κ1) is 17.3. The van der Waals surface area contributed by atoms with Crippen LogP contribution in [0.15, 0.2) is 48.5 Å². The molecule has 0 spiro atoms. The number of carbonyl (C=O) groups is 2. The lowest BCUT2D eigenvalue weighted by molar-refractivity contribution is 0.0671. The van der Waals surface area contributed by atoms with E-state index in [0.29, 0.717) is 43.0 Å². The number of anilines is 1. The number of aromatic hydroxyl groups is 1. The fourth-order valence-corrected chi connectivity index (χ4v) is 2.80. The Labute approximate surface area is 151 Å². The van der Waals surface area contributed by atoms with Crippen LogP contribution in [0.3, 0.4) is 0 Å². The summed E-state index contributed by atoms with van der Waals surface area (Å²) in [6, 6.07) is 14.7. The van der Waals surface area contributed by atoms with E-state index in [1.807, 2.05) is 6.07 Å². The van der Waals surface area contributed by atoms with E-state index in [0.717, 1.165) is 0 Å². The molecule has 2 aromatic carbocycles. The maximum atomic E-state index is 12.5. The molecule has 0 saturated carbocycles. The Kier molecular flexibility index (Phi) is 5.04. The summed E-state index contributed by atoms with van der Waals surface area (Å²) in [5, 5.41) is 21.2. The van der Waals surface area contributed by atoms with Crippen molar-refractivity contribution in [1.29, 1.82) is 5.26 Å². The van der Waals surface area contributed by atoms with Crippen LogP contribution in [0.25, 0.3) is 0 Å². The zero-order valence-electron chi connectivity index (χ0n) is 14.1. The van der Waals surface area contributed by atoms with E-state index in [2.05, 4.69) is 5.32 Å². The van der Waals surface area contributed by atoms with Crippen LogP contribution in [-0.4, -0.2) is 53.0 Å². The molecule has 1 heterocycles. The van der Waals surface area contributed by atoms with E-state index in [4.69, 9.17) is 5.26 Å². The first-order chi connectivity index (χ1) is 12.6. The van der Waals surface area contributed by atoms with Gasteiger partial charge in [0.1, 0.15) is 5.75 Å². The third-order valence-electron chi connectivity index (χ3n) is 4.19. The molecule has 26 heavy (non-hydrogen) atoms. The molecule has 0 radical (unpaired) electrons. The molecule has 1 saturated heterocycles. The van der Waals surface area contributed by atoms with E-state index < -0.39 is 0 Å². The van der Waals surface area contributed by atoms with Crippen LogP contribution in [0.2, 0.25) is 0 Å². The lowest BCUT2D eigenvalue weighted by atomic mass is 10.1. The molecule has 1 fully saturated rings. The molecule has 1 aliphatic heterocycles. The highest BCUT2D eigenvalue weighted by Gasteiger charge is 2.25. The Balaban J connectivity index is 1.57. The average molecular weight is 350 g/mol. The number of hydrogen-bond acceptors (Lipinski definition) is 4. The molecule has 0 aliphatic carbocycles. The number of nitrogens with one attached hydrogen (secondary N) is 1. The van der Waals surface area contributed by atoms with Crippen molar-refractivity contribution in [3.63, 3.8) is 0 Å². The lowest BCUT2D eigenvalue weighted by Gasteiger charge is -2.34. The summed E-state index contributed by atoms with van der Waals surface area (Å²) in [4.78, 5) is 28.1. The van der Waals surface area contributed by atoms with Crippen molar-refractivity contribution in [3.05, 3.63) is 59.7 Å². The average Bonchev–Trinajstić information content (AvgIpc) is 2.67. The second-order valence-corrected chi connectivity index (χ2v) is 5.95. The maximum Gasteiger partial charge on any atom is 0.321 e. The summed E-state index contributed by atoms with van der Waals surface area (Å²) < 4.78 is 0. The van der Waals surface area contributed by atoms with Gasteiger partial charge in [-0.15, -0.1) is 0 Å². The number of nitrogens with zero attached hydrogens (tertiary/aromatic N) is 3. The molecule has 0 atom stereocenters. The van der Waals surface area contributed by atoms with Crippen LogP contribution in [0.5, 0.6) is 5.75 Å². The van der Waals surface area contributed by atoms with Gasteiger partial charge in [0, 0.05) is 37.4 Å². The Morgan fingerprint density at radius 1 is 1.00 bits per heavy atom. The van der Waals surface area contributed by atoms with Crippen LogP contribution in [-0.2, 0) is 0 Å². The van der Waals surface area contributed by atoms with Gasteiger partial charge >= 0.3 is 6.03 Å². The molecule has 0 unspecified atom stereocenters. The standard InChI is InChI=1S/C19H18N4O3/c20-13-14-3-1-5-16(11-14)21-19(26)23-9-7-22(8-10-23)18(25)15-4-2-6-17(24)12-15/h1-6,11-12,24H,7-10H2,(H,21,26). The van der Waals surface area contributed by atoms with Gasteiger partial charge in [0.15, 0.2) is 0 Å². The molecule has 2 N–H and O–H groups in total. The summed E-state index contributed by atoms with van der Waals surface area (Å²) in [5.74, 6) is -0.115. The molecule has 7 nitrogen and oxygen atoms in total. The number of carbonyl (C=O) groups excluding carboxylic acids is 2. The van der Waals surface area contributed by atoms with Crippen LogP contribution in [0.1, 0.15) is 15.9 Å². The molecule has 3 amide bonds. The number of benzene rings is 2. The normalized spacial score (nSPS) is 13.8. The summed E-state index contributed by atoms with van der Waals surface area (Å²) in [7, 11) is 0. The van der Waals surface area contributed by atoms with Gasteiger partial charge in [0.05, 0.1) is 11.6 Å². The number of nitriles is 1. The van der Waals surface area contributed by atoms with E-state index in [9.17, 15) is 14.7 Å². The zero-order chi connectivity index (χ0) is 18.5. The SMILES string of the molecule is N#Cc1cccc(NC(=O)N2CCN(C(=O)c3cccc(O)c3)CC2)c1. The molecular formula is C19H18N4O3. The highest BCUT2D eigenvalue weighted by Crippen LogP contribution is 2.15. The summed E-state index contributed by atoms with van der Waals surface area (Å²) in [6.45, 7) is 1.66. The van der Waals surface area contributed by atoms with Gasteiger partial charge in [-0.1, -0.05) is 12.1 Å². The van der Waals surface area contributed by atoms with Gasteiger partial charge in [-0.2, -0.15) is 5.26 Å². The van der Waals surface area contributed by atoms with Crippen molar-refractivity contribution in [3.8, 4) is 11.8 Å². The fourth-order valence-electron chi connectivity index (χ4n) is 2.80. The van der Waals surface area contributed by atoms with Gasteiger partial charge in [-0.05, 0) is 36.4 Å². The highest BCUT2D eigenvalue weighted by atomic mass is 16.3. The Bertz CT molecular complexity index is 867. The molecule has 132 valence electrons.